The highest BCUT2D eigenvalue weighted by molar-refractivity contribution is 5.76. The van der Waals surface area contributed by atoms with Crippen molar-refractivity contribution in [1.29, 1.82) is 0 Å². The minimum Gasteiger partial charge on any atom is -0.494 e. The Morgan fingerprint density at radius 1 is 1.57 bits per heavy atom. The Hall–Kier alpha value is -1.78. The second-order valence-electron chi connectivity index (χ2n) is 3.14. The second-order valence-corrected chi connectivity index (χ2v) is 3.14. The third kappa shape index (κ3) is 1.76. The molecule has 0 saturated heterocycles. The average molecular weight is 197 g/mol. The number of H-pyrrole nitrogens is 1. The van der Waals surface area contributed by atoms with E-state index in [1.165, 1.54) is 13.0 Å². The normalized spacial score (nSPS) is 12.4. The third-order valence-electron chi connectivity index (χ3n) is 2.07. The van der Waals surface area contributed by atoms with Crippen LogP contribution in [0.2, 0.25) is 0 Å². The van der Waals surface area contributed by atoms with Gasteiger partial charge in [0.05, 0.1) is 5.92 Å². The molecule has 14 heavy (non-hydrogen) atoms. The number of carboxylic acids is 1. The van der Waals surface area contributed by atoms with E-state index in [0.29, 0.717) is 5.56 Å². The third-order valence-corrected chi connectivity index (χ3v) is 2.07. The van der Waals surface area contributed by atoms with E-state index in [1.54, 1.807) is 6.92 Å². The molecular weight excluding hydrogens is 186 g/mol. The van der Waals surface area contributed by atoms with E-state index in [2.05, 4.69) is 4.98 Å². The summed E-state index contributed by atoms with van der Waals surface area (Å²) >= 11 is 0. The largest absolute Gasteiger partial charge is 0.494 e. The lowest BCUT2D eigenvalue weighted by Crippen LogP contribution is -2.14. The maximum absolute atomic E-state index is 10.9. The zero-order valence-electron chi connectivity index (χ0n) is 7.87. The van der Waals surface area contributed by atoms with Crippen LogP contribution in [0.15, 0.2) is 10.9 Å². The number of hydrogen-bond donors (Lipinski definition) is 3. The molecule has 0 aliphatic rings. The van der Waals surface area contributed by atoms with Gasteiger partial charge in [-0.15, -0.1) is 0 Å². The highest BCUT2D eigenvalue weighted by Crippen LogP contribution is 2.25. The number of hydrogen-bond acceptors (Lipinski definition) is 3. The predicted octanol–water partition coefficient (Wildman–Crippen LogP) is 0.577. The Morgan fingerprint density at radius 2 is 2.14 bits per heavy atom. The summed E-state index contributed by atoms with van der Waals surface area (Å²) in [4.78, 5) is 23.7. The minimum absolute atomic E-state index is 0.247. The molecule has 1 heterocycles. The Balaban J connectivity index is 3.34. The molecule has 5 heteroatoms. The number of aromatic amines is 1. The van der Waals surface area contributed by atoms with Crippen molar-refractivity contribution in [2.24, 2.45) is 0 Å². The molecule has 0 bridgehead atoms. The highest BCUT2D eigenvalue weighted by Gasteiger charge is 2.20. The van der Waals surface area contributed by atoms with Crippen LogP contribution in [0, 0.1) is 6.92 Å². The fraction of sp³-hybridized carbons (Fsp3) is 0.333. The minimum atomic E-state index is -1.05. The molecule has 1 atom stereocenters. The van der Waals surface area contributed by atoms with Gasteiger partial charge in [0.1, 0.15) is 0 Å². The van der Waals surface area contributed by atoms with E-state index in [0.717, 1.165) is 0 Å². The molecule has 1 aromatic rings. The van der Waals surface area contributed by atoms with Crippen molar-refractivity contribution in [3.8, 4) is 5.88 Å². The van der Waals surface area contributed by atoms with E-state index >= 15 is 0 Å². The number of pyridine rings is 1. The summed E-state index contributed by atoms with van der Waals surface area (Å²) in [5.41, 5.74) is 0.277. The topological polar surface area (TPSA) is 90.4 Å². The van der Waals surface area contributed by atoms with Crippen molar-refractivity contribution < 1.29 is 15.0 Å². The maximum Gasteiger partial charge on any atom is 0.310 e. The van der Waals surface area contributed by atoms with E-state index in [1.807, 2.05) is 0 Å². The van der Waals surface area contributed by atoms with E-state index < -0.39 is 17.4 Å². The van der Waals surface area contributed by atoms with Crippen LogP contribution >= 0.6 is 0 Å². The maximum atomic E-state index is 10.9. The van der Waals surface area contributed by atoms with E-state index in [-0.39, 0.29) is 11.4 Å². The number of carboxylic acid groups (broad SMARTS) is 1. The summed E-state index contributed by atoms with van der Waals surface area (Å²) in [7, 11) is 0. The Bertz CT molecular complexity index is 395. The Kier molecular flexibility index (Phi) is 2.60. The fourth-order valence-electron chi connectivity index (χ4n) is 1.35. The molecule has 0 radical (unpaired) electrons. The number of rotatable bonds is 2. The van der Waals surface area contributed by atoms with Gasteiger partial charge in [0, 0.05) is 11.6 Å². The lowest BCUT2D eigenvalue weighted by Gasteiger charge is -2.10. The van der Waals surface area contributed by atoms with Crippen LogP contribution in [0.1, 0.15) is 24.0 Å². The van der Waals surface area contributed by atoms with Gasteiger partial charge < -0.3 is 10.2 Å². The average Bonchev–Trinajstić information content (AvgIpc) is 2.01. The van der Waals surface area contributed by atoms with Crippen molar-refractivity contribution in [3.63, 3.8) is 0 Å². The molecule has 1 rings (SSSR count). The van der Waals surface area contributed by atoms with Gasteiger partial charge in [0.2, 0.25) is 0 Å². The molecule has 0 amide bonds. The van der Waals surface area contributed by atoms with Gasteiger partial charge in [-0.25, -0.2) is 0 Å². The standard InChI is InChI=1S/C9H11NO4/c1-4-3-6(11)10-8(12)7(4)5(2)9(13)14/h3,5H,1-2H3,(H,13,14)(H2,10,11,12). The number of nitrogens with one attached hydrogen (secondary N) is 1. The molecule has 0 aromatic carbocycles. The SMILES string of the molecule is Cc1cc(=O)[nH]c(O)c1C(C)C(=O)O. The Morgan fingerprint density at radius 3 is 2.57 bits per heavy atom. The molecule has 76 valence electrons. The summed E-state index contributed by atoms with van der Waals surface area (Å²) in [6.07, 6.45) is 0. The van der Waals surface area contributed by atoms with Gasteiger partial charge in [-0.2, -0.15) is 0 Å². The van der Waals surface area contributed by atoms with Gasteiger partial charge in [-0.05, 0) is 19.4 Å². The molecule has 0 aliphatic carbocycles. The van der Waals surface area contributed by atoms with Crippen molar-refractivity contribution >= 4 is 5.97 Å². The summed E-state index contributed by atoms with van der Waals surface area (Å²) in [5.74, 6) is -2.26. The van der Waals surface area contributed by atoms with Gasteiger partial charge in [-0.3, -0.25) is 14.6 Å². The molecule has 0 saturated carbocycles. The summed E-state index contributed by atoms with van der Waals surface area (Å²) in [6.45, 7) is 3.03. The first-order valence-corrected chi connectivity index (χ1v) is 4.09. The van der Waals surface area contributed by atoms with Crippen LogP contribution in [-0.4, -0.2) is 21.2 Å². The molecule has 1 unspecified atom stereocenters. The highest BCUT2D eigenvalue weighted by atomic mass is 16.4. The van der Waals surface area contributed by atoms with Crippen LogP contribution in [-0.2, 0) is 4.79 Å². The van der Waals surface area contributed by atoms with E-state index in [4.69, 9.17) is 5.11 Å². The van der Waals surface area contributed by atoms with Crippen LogP contribution in [0.5, 0.6) is 5.88 Å². The zero-order chi connectivity index (χ0) is 10.9. The summed E-state index contributed by atoms with van der Waals surface area (Å²) < 4.78 is 0. The first-order valence-electron chi connectivity index (χ1n) is 4.09. The van der Waals surface area contributed by atoms with Gasteiger partial charge in [-0.1, -0.05) is 0 Å². The van der Waals surface area contributed by atoms with Gasteiger partial charge in [0.15, 0.2) is 5.88 Å². The number of aromatic nitrogens is 1. The van der Waals surface area contributed by atoms with Crippen LogP contribution in [0.4, 0.5) is 0 Å². The van der Waals surface area contributed by atoms with E-state index in [9.17, 15) is 14.7 Å². The summed E-state index contributed by atoms with van der Waals surface area (Å²) in [5, 5.41) is 18.1. The quantitative estimate of drug-likeness (QED) is 0.646. The molecule has 0 fully saturated rings. The monoisotopic (exact) mass is 197 g/mol. The zero-order valence-corrected chi connectivity index (χ0v) is 7.87. The Labute approximate surface area is 80.0 Å². The second kappa shape index (κ2) is 3.53. The van der Waals surface area contributed by atoms with Crippen LogP contribution in [0.25, 0.3) is 0 Å². The van der Waals surface area contributed by atoms with Crippen LogP contribution < -0.4 is 5.56 Å². The number of aryl methyl sites for hydroxylation is 1. The smallest absolute Gasteiger partial charge is 0.310 e. The fourth-order valence-corrected chi connectivity index (χ4v) is 1.35. The van der Waals surface area contributed by atoms with Gasteiger partial charge in [0.25, 0.3) is 5.56 Å². The first kappa shape index (κ1) is 10.3. The van der Waals surface area contributed by atoms with Crippen molar-refractivity contribution in [3.05, 3.63) is 27.5 Å². The number of carbonyl (C=O) groups is 1. The van der Waals surface area contributed by atoms with Crippen molar-refractivity contribution in [1.82, 2.24) is 4.98 Å². The molecule has 0 spiro atoms. The molecule has 1 aromatic heterocycles. The van der Waals surface area contributed by atoms with Gasteiger partial charge >= 0.3 is 5.97 Å². The number of aliphatic carboxylic acids is 1. The molecular formula is C9H11NO4. The summed E-state index contributed by atoms with van der Waals surface area (Å²) in [6, 6.07) is 1.26. The lowest BCUT2D eigenvalue weighted by molar-refractivity contribution is -0.138. The van der Waals surface area contributed by atoms with Crippen molar-refractivity contribution in [2.45, 2.75) is 19.8 Å². The lowest BCUT2D eigenvalue weighted by atomic mass is 9.98. The molecule has 5 nitrogen and oxygen atoms in total. The molecule has 0 aliphatic heterocycles. The van der Waals surface area contributed by atoms with Crippen molar-refractivity contribution in [2.75, 3.05) is 0 Å². The first-order chi connectivity index (χ1) is 6.43. The number of aromatic hydroxyl groups is 1. The predicted molar refractivity (Wildman–Crippen MR) is 49.5 cm³/mol. The van der Waals surface area contributed by atoms with Crippen LogP contribution in [0.3, 0.4) is 0 Å². The molecule has 3 N–H and O–H groups in total.